The number of anilines is 1. The molecule has 21 heavy (non-hydrogen) atoms. The van der Waals surface area contributed by atoms with Gasteiger partial charge in [0.25, 0.3) is 5.03 Å². The third-order valence-electron chi connectivity index (χ3n) is 2.83. The minimum absolute atomic E-state index is 0.231. The lowest BCUT2D eigenvalue weighted by Gasteiger charge is -2.12. The summed E-state index contributed by atoms with van der Waals surface area (Å²) in [5.41, 5.74) is 1.56. The van der Waals surface area contributed by atoms with Crippen molar-refractivity contribution in [2.45, 2.75) is 24.1 Å². The van der Waals surface area contributed by atoms with Crippen LogP contribution in [0.25, 0.3) is 0 Å². The highest BCUT2D eigenvalue weighted by atomic mass is 35.5. The second-order valence-corrected chi connectivity index (χ2v) is 6.26. The van der Waals surface area contributed by atoms with Crippen molar-refractivity contribution < 1.29 is 19.1 Å². The second-order valence-electron chi connectivity index (χ2n) is 4.50. The highest BCUT2D eigenvalue weighted by molar-refractivity contribution is 8.00. The first kappa shape index (κ1) is 15.7. The second kappa shape index (κ2) is 6.36. The van der Waals surface area contributed by atoms with Gasteiger partial charge in [0.2, 0.25) is 5.91 Å². The molecule has 1 amide bonds. The molecule has 1 heterocycles. The number of carbonyl (C=O) groups is 1. The molecule has 8 heteroatoms. The van der Waals surface area contributed by atoms with Crippen LogP contribution in [-0.4, -0.2) is 16.4 Å². The molecule has 1 unspecified atom stereocenters. The number of nitrogens with one attached hydrogen (secondary N) is 1. The average molecular weight is 328 g/mol. The van der Waals surface area contributed by atoms with E-state index in [0.717, 1.165) is 17.3 Å². The van der Waals surface area contributed by atoms with Crippen molar-refractivity contribution in [3.8, 4) is 5.95 Å². The van der Waals surface area contributed by atoms with E-state index in [4.69, 9.17) is 11.6 Å². The molecule has 0 saturated carbocycles. The average Bonchev–Trinajstić information content (AvgIpc) is 2.74. The maximum absolute atomic E-state index is 12.2. The fourth-order valence-corrected chi connectivity index (χ4v) is 2.61. The van der Waals surface area contributed by atoms with Gasteiger partial charge in [-0.15, -0.1) is 0 Å². The number of hydrogen-bond acceptors (Lipinski definition) is 5. The molecule has 2 aromatic rings. The summed E-state index contributed by atoms with van der Waals surface area (Å²) in [4.78, 5) is 12.2. The Hall–Kier alpha value is -1.73. The number of benzene rings is 1. The van der Waals surface area contributed by atoms with E-state index in [2.05, 4.69) is 15.1 Å². The normalized spacial score (nSPS) is 12.2. The van der Waals surface area contributed by atoms with Crippen molar-refractivity contribution >= 4 is 35.0 Å². The topological polar surface area (TPSA) is 82.1 Å². The summed E-state index contributed by atoms with van der Waals surface area (Å²) in [5, 5.41) is 18.1. The van der Waals surface area contributed by atoms with Crippen molar-refractivity contribution in [3.05, 3.63) is 28.8 Å². The highest BCUT2D eigenvalue weighted by Gasteiger charge is 2.23. The molecular formula is C13H14ClN3O3S. The van der Waals surface area contributed by atoms with Crippen molar-refractivity contribution in [2.75, 3.05) is 5.32 Å². The van der Waals surface area contributed by atoms with Gasteiger partial charge in [-0.25, -0.2) is 0 Å². The quantitative estimate of drug-likeness (QED) is 0.682. The standard InChI is InChI=1S/C13H14ClN3O3S/c1-7-4-5-9(14)6-10(7)15-11(18)8(2)21-12-13(19)20-16-17(12)3/h4-6,8H,1-3H3,(H-,15,16,18,19). The molecule has 0 aliphatic carbocycles. The number of carbonyl (C=O) groups excluding carboxylic acids is 1. The minimum Gasteiger partial charge on any atom is -0.538 e. The first-order chi connectivity index (χ1) is 9.88. The Morgan fingerprint density at radius 1 is 1.57 bits per heavy atom. The van der Waals surface area contributed by atoms with E-state index in [0.29, 0.717) is 10.7 Å². The number of aryl methyl sites for hydroxylation is 2. The lowest BCUT2D eigenvalue weighted by molar-refractivity contribution is -0.772. The van der Waals surface area contributed by atoms with E-state index in [1.165, 1.54) is 4.68 Å². The van der Waals surface area contributed by atoms with E-state index in [1.807, 2.05) is 13.0 Å². The van der Waals surface area contributed by atoms with Crippen molar-refractivity contribution in [2.24, 2.45) is 7.05 Å². The molecule has 0 saturated heterocycles. The summed E-state index contributed by atoms with van der Waals surface area (Å²) in [6.07, 6.45) is 0. The lowest BCUT2D eigenvalue weighted by Crippen LogP contribution is -2.33. The largest absolute Gasteiger partial charge is 0.538 e. The number of nitrogens with zero attached hydrogens (tertiary/aromatic N) is 2. The number of rotatable bonds is 4. The predicted molar refractivity (Wildman–Crippen MR) is 77.3 cm³/mol. The number of amides is 1. The summed E-state index contributed by atoms with van der Waals surface area (Å²) in [6.45, 7) is 3.58. The molecule has 1 aromatic heterocycles. The predicted octanol–water partition coefficient (Wildman–Crippen LogP) is 1.65. The molecule has 0 fully saturated rings. The third-order valence-corrected chi connectivity index (χ3v) is 4.29. The van der Waals surface area contributed by atoms with Crippen LogP contribution in [0.2, 0.25) is 5.02 Å². The van der Waals surface area contributed by atoms with E-state index in [-0.39, 0.29) is 10.9 Å². The Bertz CT molecular complexity index is 655. The van der Waals surface area contributed by atoms with Gasteiger partial charge in [-0.05, 0) is 43.3 Å². The Morgan fingerprint density at radius 3 is 2.90 bits per heavy atom. The van der Waals surface area contributed by atoms with Gasteiger partial charge >= 0.3 is 0 Å². The summed E-state index contributed by atoms with van der Waals surface area (Å²) in [6, 6.07) is 5.27. The molecule has 0 spiro atoms. The fourth-order valence-electron chi connectivity index (χ4n) is 1.62. The van der Waals surface area contributed by atoms with Crippen LogP contribution in [0.5, 0.6) is 5.95 Å². The van der Waals surface area contributed by atoms with E-state index < -0.39 is 11.2 Å². The van der Waals surface area contributed by atoms with Crippen LogP contribution in [0, 0.1) is 6.92 Å². The summed E-state index contributed by atoms with van der Waals surface area (Å²) in [5.74, 6) is -0.785. The summed E-state index contributed by atoms with van der Waals surface area (Å²) < 4.78 is 5.82. The van der Waals surface area contributed by atoms with Crippen LogP contribution >= 0.6 is 23.4 Å². The van der Waals surface area contributed by atoms with E-state index in [9.17, 15) is 9.90 Å². The molecule has 0 aliphatic rings. The van der Waals surface area contributed by atoms with Gasteiger partial charge in [0.05, 0.1) is 10.5 Å². The minimum atomic E-state index is -0.555. The molecule has 1 N–H and O–H groups in total. The Kier molecular flexibility index (Phi) is 4.74. The van der Waals surface area contributed by atoms with Crippen molar-refractivity contribution in [3.63, 3.8) is 0 Å². The molecule has 1 atom stereocenters. The first-order valence-corrected chi connectivity index (χ1v) is 7.41. The molecule has 6 nitrogen and oxygen atoms in total. The van der Waals surface area contributed by atoms with E-state index >= 15 is 0 Å². The molecule has 0 bridgehead atoms. The van der Waals surface area contributed by atoms with Crippen molar-refractivity contribution in [1.82, 2.24) is 5.27 Å². The zero-order chi connectivity index (χ0) is 15.6. The first-order valence-electron chi connectivity index (χ1n) is 6.15. The Labute approximate surface area is 131 Å². The van der Waals surface area contributed by atoms with Gasteiger partial charge in [0, 0.05) is 10.7 Å². The van der Waals surface area contributed by atoms with E-state index in [1.54, 1.807) is 26.1 Å². The van der Waals surface area contributed by atoms with Gasteiger partial charge in [-0.1, -0.05) is 22.3 Å². The van der Waals surface area contributed by atoms with Crippen LogP contribution in [0.4, 0.5) is 5.69 Å². The monoisotopic (exact) mass is 327 g/mol. The van der Waals surface area contributed by atoms with Crippen LogP contribution in [0.1, 0.15) is 12.5 Å². The maximum atomic E-state index is 12.2. The Balaban J connectivity index is 2.08. The number of aromatic nitrogens is 2. The number of thioether (sulfide) groups is 1. The number of halogens is 1. The zero-order valence-electron chi connectivity index (χ0n) is 11.7. The summed E-state index contributed by atoms with van der Waals surface area (Å²) in [7, 11) is 1.58. The fraction of sp³-hybridized carbons (Fsp3) is 0.308. The van der Waals surface area contributed by atoms with Gasteiger partial charge < -0.3 is 14.9 Å². The maximum Gasteiger partial charge on any atom is 0.291 e. The molecule has 0 radical (unpaired) electrons. The SMILES string of the molecule is Cc1ccc(Cl)cc1NC(=O)C(C)Sc1c([O-])on[n+]1C. The van der Waals surface area contributed by atoms with Gasteiger partial charge in [0.15, 0.2) is 13.0 Å². The zero-order valence-corrected chi connectivity index (χ0v) is 13.3. The molecule has 0 aliphatic heterocycles. The number of hydrogen-bond donors (Lipinski definition) is 1. The molecule has 1 aromatic carbocycles. The smallest absolute Gasteiger partial charge is 0.291 e. The van der Waals surface area contributed by atoms with Crippen LogP contribution in [0.3, 0.4) is 0 Å². The van der Waals surface area contributed by atoms with Gasteiger partial charge in [-0.3, -0.25) is 4.79 Å². The third kappa shape index (κ3) is 3.68. The lowest BCUT2D eigenvalue weighted by atomic mass is 10.2. The van der Waals surface area contributed by atoms with Crippen LogP contribution in [0.15, 0.2) is 27.7 Å². The molecular weight excluding hydrogens is 314 g/mol. The summed E-state index contributed by atoms with van der Waals surface area (Å²) >= 11 is 7.00. The highest BCUT2D eigenvalue weighted by Crippen LogP contribution is 2.27. The van der Waals surface area contributed by atoms with Gasteiger partial charge in [0.1, 0.15) is 0 Å². The van der Waals surface area contributed by atoms with Gasteiger partial charge in [-0.2, -0.15) is 0 Å². The van der Waals surface area contributed by atoms with Crippen LogP contribution in [-0.2, 0) is 11.8 Å². The van der Waals surface area contributed by atoms with Crippen LogP contribution < -0.4 is 15.1 Å². The van der Waals surface area contributed by atoms with Crippen molar-refractivity contribution in [1.29, 1.82) is 0 Å². The molecule has 112 valence electrons. The molecule has 2 rings (SSSR count). The Morgan fingerprint density at radius 2 is 2.29 bits per heavy atom.